The molecule has 0 aromatic carbocycles. The fraction of sp³-hybridized carbons (Fsp3) is 0.725. The summed E-state index contributed by atoms with van der Waals surface area (Å²) in [5.74, 6) is 0. The van der Waals surface area contributed by atoms with Gasteiger partial charge in [0.2, 0.25) is 0 Å². The summed E-state index contributed by atoms with van der Waals surface area (Å²) in [4.78, 5) is 0. The molecule has 0 aliphatic carbocycles. The summed E-state index contributed by atoms with van der Waals surface area (Å²) in [6.45, 7) is 39.4. The van der Waals surface area contributed by atoms with Gasteiger partial charge in [-0.1, -0.05) is 42.5 Å². The fourth-order valence-corrected chi connectivity index (χ4v) is 7.65. The molecule has 15 atom stereocenters. The first-order valence-corrected chi connectivity index (χ1v) is 23.7. The number of ether oxygens (including phenoxy) is 18. The van der Waals surface area contributed by atoms with Crippen LogP contribution >= 0.6 is 0 Å². The fourth-order valence-electron chi connectivity index (χ4n) is 7.65. The van der Waals surface area contributed by atoms with Gasteiger partial charge in [0.15, 0.2) is 18.9 Å². The van der Waals surface area contributed by atoms with Crippen LogP contribution in [0.3, 0.4) is 0 Å². The Morgan fingerprint density at radius 1 is 0.319 bits per heavy atom. The van der Waals surface area contributed by atoms with Crippen molar-refractivity contribution in [1.29, 1.82) is 0 Å². The standard InChI is InChI=1S/C21H32O6.C17H32O6.C13H24O6/c1-6-11-22-16-17-18(23-12-7-2)19(24-13-8-3)20(25-14-9-4)21(27-17)26-15-10-5;1-6-11-22-17-16(21-10-5)15(20-9-4)14(19-8-3)13(23-17)12-18-7-2;1-6-7-18-13-12(17-5)11(16-4)10(15-3)9(19-13)8-14-2/h6-10,17-21H,1-5,11-16H2;6,13-17H,1,7-12H2,2-5H3;6,9-13H,1,7-8H2,2-5H3. The summed E-state index contributed by atoms with van der Waals surface area (Å²) in [5.41, 5.74) is 0. The van der Waals surface area contributed by atoms with Gasteiger partial charge < -0.3 is 85.3 Å². The maximum atomic E-state index is 6.11. The van der Waals surface area contributed by atoms with E-state index < -0.39 is 43.3 Å². The van der Waals surface area contributed by atoms with E-state index in [0.29, 0.717) is 92.5 Å². The molecular weight excluding hydrogens is 901 g/mol. The van der Waals surface area contributed by atoms with E-state index in [-0.39, 0.29) is 48.8 Å². The Labute approximate surface area is 413 Å². The first-order chi connectivity index (χ1) is 33.7. The van der Waals surface area contributed by atoms with Gasteiger partial charge in [0.1, 0.15) is 73.2 Å². The third kappa shape index (κ3) is 22.4. The van der Waals surface area contributed by atoms with Crippen LogP contribution in [-0.2, 0) is 85.3 Å². The van der Waals surface area contributed by atoms with E-state index in [4.69, 9.17) is 85.3 Å². The van der Waals surface area contributed by atoms with Crippen molar-refractivity contribution in [3.63, 3.8) is 0 Å². The van der Waals surface area contributed by atoms with E-state index in [9.17, 15) is 0 Å². The third-order valence-electron chi connectivity index (χ3n) is 10.4. The minimum absolute atomic E-state index is 0.258. The van der Waals surface area contributed by atoms with Crippen LogP contribution in [0.5, 0.6) is 0 Å². The van der Waals surface area contributed by atoms with Gasteiger partial charge in [0, 0.05) is 54.9 Å². The zero-order valence-electron chi connectivity index (χ0n) is 42.9. The predicted octanol–water partition coefficient (Wildman–Crippen LogP) is 5.60. The highest BCUT2D eigenvalue weighted by Gasteiger charge is 2.50. The molecule has 18 nitrogen and oxygen atoms in total. The van der Waals surface area contributed by atoms with Gasteiger partial charge in [-0.3, -0.25) is 0 Å². The lowest BCUT2D eigenvalue weighted by molar-refractivity contribution is -0.319. The molecule has 0 radical (unpaired) electrons. The van der Waals surface area contributed by atoms with Gasteiger partial charge in [0.25, 0.3) is 0 Å². The molecule has 400 valence electrons. The molecular formula is C51H88O18. The molecule has 0 spiro atoms. The van der Waals surface area contributed by atoms with Crippen LogP contribution in [0.15, 0.2) is 88.6 Å². The molecule has 3 heterocycles. The molecule has 0 aromatic rings. The third-order valence-corrected chi connectivity index (χ3v) is 10.4. The highest BCUT2D eigenvalue weighted by Crippen LogP contribution is 2.32. The molecule has 0 amide bonds. The molecule has 69 heavy (non-hydrogen) atoms. The Balaban J connectivity index is 0.000000525. The Bertz CT molecular complexity index is 1340. The Morgan fingerprint density at radius 3 is 1.07 bits per heavy atom. The van der Waals surface area contributed by atoms with Crippen molar-refractivity contribution in [1.82, 2.24) is 0 Å². The Kier molecular flexibility index (Phi) is 38.3. The van der Waals surface area contributed by atoms with Crippen LogP contribution < -0.4 is 0 Å². The number of rotatable bonds is 36. The van der Waals surface area contributed by atoms with Crippen LogP contribution in [0.4, 0.5) is 0 Å². The quantitative estimate of drug-likeness (QED) is 0.0562. The summed E-state index contributed by atoms with van der Waals surface area (Å²) < 4.78 is 103. The number of hydrogen-bond donors (Lipinski definition) is 0. The van der Waals surface area contributed by atoms with Crippen molar-refractivity contribution >= 4 is 0 Å². The van der Waals surface area contributed by atoms with Crippen molar-refractivity contribution in [3.05, 3.63) is 88.6 Å². The van der Waals surface area contributed by atoms with Crippen molar-refractivity contribution in [2.75, 3.05) is 121 Å². The summed E-state index contributed by atoms with van der Waals surface area (Å²) in [6, 6.07) is 0. The first-order valence-electron chi connectivity index (χ1n) is 23.7. The number of methoxy groups -OCH3 is 4. The molecule has 3 fully saturated rings. The average Bonchev–Trinajstić information content (AvgIpc) is 3.36. The van der Waals surface area contributed by atoms with E-state index in [0.717, 1.165) is 0 Å². The average molecular weight is 989 g/mol. The van der Waals surface area contributed by atoms with E-state index in [1.165, 1.54) is 0 Å². The second-order valence-corrected chi connectivity index (χ2v) is 15.1. The van der Waals surface area contributed by atoms with Crippen molar-refractivity contribution in [3.8, 4) is 0 Å². The van der Waals surface area contributed by atoms with Gasteiger partial charge in [-0.25, -0.2) is 0 Å². The van der Waals surface area contributed by atoms with Gasteiger partial charge in [-0.2, -0.15) is 0 Å². The molecule has 3 aliphatic heterocycles. The SMILES string of the molecule is C=CCOC1OC(COC)C(OC)C(OC)C1OC.C=CCOC1OC(COCC)C(OCC)C(OCC)C1OCC.C=CCOCC1OC(OCC=C)C(OCC=C)C(OCC=C)C1OCC=C. The van der Waals surface area contributed by atoms with Gasteiger partial charge in [0.05, 0.1) is 66.1 Å². The summed E-state index contributed by atoms with van der Waals surface area (Å²) in [5, 5.41) is 0. The highest BCUT2D eigenvalue weighted by atomic mass is 16.7. The molecule has 0 saturated carbocycles. The molecule has 0 aromatic heterocycles. The van der Waals surface area contributed by atoms with Gasteiger partial charge in [-0.15, -0.1) is 46.1 Å². The maximum absolute atomic E-state index is 6.11. The minimum Gasteiger partial charge on any atom is -0.382 e. The smallest absolute Gasteiger partial charge is 0.187 e. The van der Waals surface area contributed by atoms with Gasteiger partial charge in [-0.05, 0) is 27.7 Å². The Hall–Kier alpha value is -2.54. The lowest BCUT2D eigenvalue weighted by Gasteiger charge is -2.45. The molecule has 18 heteroatoms. The van der Waals surface area contributed by atoms with Crippen molar-refractivity contribution in [2.24, 2.45) is 0 Å². The summed E-state index contributed by atoms with van der Waals surface area (Å²) >= 11 is 0. The van der Waals surface area contributed by atoms with Crippen LogP contribution in [-0.4, -0.2) is 213 Å². The monoisotopic (exact) mass is 989 g/mol. The van der Waals surface area contributed by atoms with E-state index >= 15 is 0 Å². The van der Waals surface area contributed by atoms with Crippen LogP contribution in [0.1, 0.15) is 27.7 Å². The molecule has 3 saturated heterocycles. The van der Waals surface area contributed by atoms with Crippen LogP contribution in [0, 0.1) is 0 Å². The molecule has 0 N–H and O–H groups in total. The first kappa shape index (κ1) is 64.5. The second kappa shape index (κ2) is 41.0. The van der Waals surface area contributed by atoms with Crippen LogP contribution in [0.2, 0.25) is 0 Å². The zero-order valence-corrected chi connectivity index (χ0v) is 42.9. The van der Waals surface area contributed by atoms with Gasteiger partial charge >= 0.3 is 0 Å². The minimum atomic E-state index is -0.668. The largest absolute Gasteiger partial charge is 0.382 e. The summed E-state index contributed by atoms with van der Waals surface area (Å²) in [6.07, 6.45) is 5.74. The highest BCUT2D eigenvalue weighted by molar-refractivity contribution is 4.96. The van der Waals surface area contributed by atoms with E-state index in [1.54, 1.807) is 71.0 Å². The summed E-state index contributed by atoms with van der Waals surface area (Å²) in [7, 11) is 6.43. The maximum Gasteiger partial charge on any atom is 0.187 e. The molecule has 3 aliphatic rings. The van der Waals surface area contributed by atoms with Crippen molar-refractivity contribution in [2.45, 2.75) is 120 Å². The lowest BCUT2D eigenvalue weighted by Crippen LogP contribution is -2.62. The second-order valence-electron chi connectivity index (χ2n) is 15.1. The topological polar surface area (TPSA) is 166 Å². The molecule has 0 bridgehead atoms. The van der Waals surface area contributed by atoms with E-state index in [1.807, 2.05) is 27.7 Å². The van der Waals surface area contributed by atoms with E-state index in [2.05, 4.69) is 46.1 Å². The zero-order chi connectivity index (χ0) is 51.2. The van der Waals surface area contributed by atoms with Crippen molar-refractivity contribution < 1.29 is 85.3 Å². The number of hydrogen-bond acceptors (Lipinski definition) is 18. The molecule has 3 rings (SSSR count). The Morgan fingerprint density at radius 2 is 0.652 bits per heavy atom. The normalized spacial score (nSPS) is 30.9. The lowest BCUT2D eigenvalue weighted by atomic mass is 9.98. The van der Waals surface area contributed by atoms with Crippen LogP contribution in [0.25, 0.3) is 0 Å². The molecule has 15 unspecified atom stereocenters. The predicted molar refractivity (Wildman–Crippen MR) is 262 cm³/mol.